The average molecular weight is 360 g/mol. The molecule has 0 aliphatic carbocycles. The van der Waals surface area contributed by atoms with Crippen LogP contribution in [0.5, 0.6) is 0 Å². The van der Waals surface area contributed by atoms with Gasteiger partial charge in [0.2, 0.25) is 12.3 Å². The molecule has 0 unspecified atom stereocenters. The van der Waals surface area contributed by atoms with E-state index in [-0.39, 0.29) is 23.6 Å². The molecule has 0 atom stereocenters. The third-order valence-electron chi connectivity index (χ3n) is 3.27. The zero-order chi connectivity index (χ0) is 18.0. The summed E-state index contributed by atoms with van der Waals surface area (Å²) in [5.41, 5.74) is 7.36. The van der Waals surface area contributed by atoms with Crippen molar-refractivity contribution >= 4 is 35.0 Å². The van der Waals surface area contributed by atoms with Crippen molar-refractivity contribution in [3.05, 3.63) is 41.4 Å². The number of carbonyl (C=O) groups excluding carboxylic acids is 1. The number of rotatable bonds is 4. The first kappa shape index (κ1) is 16.7. The van der Waals surface area contributed by atoms with Crippen LogP contribution in [0.1, 0.15) is 10.4 Å². The fraction of sp³-hybridized carbons (Fsp3) is 0.133. The van der Waals surface area contributed by atoms with Crippen molar-refractivity contribution in [3.8, 4) is 11.5 Å². The maximum Gasteiger partial charge on any atom is 0.254 e. The number of carbonyl (C=O) groups is 1. The Hall–Kier alpha value is -3.20. The average Bonchev–Trinajstić information content (AvgIpc) is 3.08. The van der Waals surface area contributed by atoms with Crippen LogP contribution in [-0.2, 0) is 0 Å². The topological polar surface area (TPSA) is 123 Å². The second-order valence-corrected chi connectivity index (χ2v) is 5.66. The molecule has 0 radical (unpaired) electrons. The molecule has 1 amide bonds. The third kappa shape index (κ3) is 3.50. The van der Waals surface area contributed by atoms with E-state index in [1.807, 2.05) is 0 Å². The summed E-state index contributed by atoms with van der Waals surface area (Å²) in [6, 6.07) is 4.95. The highest BCUT2D eigenvalue weighted by atomic mass is 35.5. The number of anilines is 3. The van der Waals surface area contributed by atoms with Crippen LogP contribution < -0.4 is 11.1 Å². The fourth-order valence-corrected chi connectivity index (χ4v) is 2.31. The molecule has 0 saturated carbocycles. The lowest BCUT2D eigenvalue weighted by molar-refractivity contribution is 0.0828. The number of hydrogen-bond acceptors (Lipinski definition) is 8. The van der Waals surface area contributed by atoms with Gasteiger partial charge in [-0.15, -0.1) is 10.2 Å². The number of halogens is 1. The van der Waals surface area contributed by atoms with Gasteiger partial charge in [0.05, 0.1) is 16.1 Å². The molecule has 25 heavy (non-hydrogen) atoms. The van der Waals surface area contributed by atoms with Gasteiger partial charge in [-0.25, -0.2) is 4.98 Å². The summed E-state index contributed by atoms with van der Waals surface area (Å²) in [5, 5.41) is 10.6. The van der Waals surface area contributed by atoms with Crippen LogP contribution in [0.3, 0.4) is 0 Å². The Balaban J connectivity index is 1.82. The molecule has 0 aliphatic heterocycles. The van der Waals surface area contributed by atoms with Gasteiger partial charge in [0.25, 0.3) is 11.8 Å². The van der Waals surface area contributed by atoms with Crippen LogP contribution in [0.15, 0.2) is 35.2 Å². The summed E-state index contributed by atoms with van der Waals surface area (Å²) >= 11 is 6.18. The normalized spacial score (nSPS) is 10.5. The maximum absolute atomic E-state index is 12.0. The molecule has 3 rings (SSSR count). The second kappa shape index (κ2) is 6.73. The van der Waals surface area contributed by atoms with Gasteiger partial charge >= 0.3 is 0 Å². The SMILES string of the molecule is CN(C)C(=O)c1ccc(Nc2ncc(-c3nnco3)c(N)n2)cc1Cl. The lowest BCUT2D eigenvalue weighted by atomic mass is 10.2. The molecule has 0 saturated heterocycles. The zero-order valence-corrected chi connectivity index (χ0v) is 14.2. The molecular weight excluding hydrogens is 346 g/mol. The van der Waals surface area contributed by atoms with Crippen LogP contribution in [0.25, 0.3) is 11.5 Å². The minimum atomic E-state index is -0.180. The number of nitrogens with one attached hydrogen (secondary N) is 1. The van der Waals surface area contributed by atoms with E-state index in [1.165, 1.54) is 17.5 Å². The molecule has 10 heteroatoms. The Morgan fingerprint density at radius 2 is 2.16 bits per heavy atom. The minimum absolute atomic E-state index is 0.180. The monoisotopic (exact) mass is 359 g/mol. The molecule has 2 aromatic heterocycles. The van der Waals surface area contributed by atoms with E-state index in [0.717, 1.165) is 0 Å². The highest BCUT2D eigenvalue weighted by molar-refractivity contribution is 6.34. The van der Waals surface area contributed by atoms with Crippen LogP contribution in [0.2, 0.25) is 5.02 Å². The number of nitrogens with two attached hydrogens (primary N) is 1. The molecule has 3 N–H and O–H groups in total. The highest BCUT2D eigenvalue weighted by Crippen LogP contribution is 2.26. The zero-order valence-electron chi connectivity index (χ0n) is 13.4. The second-order valence-electron chi connectivity index (χ2n) is 5.26. The van der Waals surface area contributed by atoms with Crippen LogP contribution >= 0.6 is 11.6 Å². The van der Waals surface area contributed by atoms with Crippen LogP contribution in [-0.4, -0.2) is 45.1 Å². The Kier molecular flexibility index (Phi) is 4.48. The quantitative estimate of drug-likeness (QED) is 0.726. The molecule has 9 nitrogen and oxygen atoms in total. The van der Waals surface area contributed by atoms with Crippen molar-refractivity contribution < 1.29 is 9.21 Å². The maximum atomic E-state index is 12.0. The van der Waals surface area contributed by atoms with Crippen molar-refractivity contribution in [3.63, 3.8) is 0 Å². The van der Waals surface area contributed by atoms with E-state index in [4.69, 9.17) is 21.8 Å². The Morgan fingerprint density at radius 3 is 2.76 bits per heavy atom. The largest absolute Gasteiger partial charge is 0.423 e. The number of nitrogens with zero attached hydrogens (tertiary/aromatic N) is 5. The van der Waals surface area contributed by atoms with Crippen LogP contribution in [0.4, 0.5) is 17.5 Å². The Morgan fingerprint density at radius 1 is 1.36 bits per heavy atom. The number of hydrogen-bond donors (Lipinski definition) is 2. The molecule has 2 heterocycles. The van der Waals surface area contributed by atoms with Gasteiger partial charge in [-0.2, -0.15) is 4.98 Å². The number of aromatic nitrogens is 4. The third-order valence-corrected chi connectivity index (χ3v) is 3.58. The number of nitrogen functional groups attached to an aromatic ring is 1. The summed E-state index contributed by atoms with van der Waals surface area (Å²) in [5.74, 6) is 0.510. The molecular formula is C15H14ClN7O2. The summed E-state index contributed by atoms with van der Waals surface area (Å²) in [6.07, 6.45) is 2.67. The molecule has 0 fully saturated rings. The van der Waals surface area contributed by atoms with Crippen molar-refractivity contribution in [2.24, 2.45) is 0 Å². The van der Waals surface area contributed by atoms with Gasteiger partial charge in [0.1, 0.15) is 5.82 Å². The van der Waals surface area contributed by atoms with Gasteiger partial charge in [0.15, 0.2) is 0 Å². The van der Waals surface area contributed by atoms with Gasteiger partial charge in [-0.05, 0) is 18.2 Å². The smallest absolute Gasteiger partial charge is 0.254 e. The lowest BCUT2D eigenvalue weighted by Crippen LogP contribution is -2.21. The van der Waals surface area contributed by atoms with Crippen molar-refractivity contribution in [2.75, 3.05) is 25.1 Å². The standard InChI is InChI=1S/C15H14ClN7O2/c1-23(2)14(24)9-4-3-8(5-11(9)16)20-15-18-6-10(12(17)21-15)13-22-19-7-25-13/h3-7H,1-2H3,(H3,17,18,20,21). The van der Waals surface area contributed by atoms with E-state index < -0.39 is 0 Å². The predicted molar refractivity (Wildman–Crippen MR) is 92.5 cm³/mol. The van der Waals surface area contributed by atoms with Gasteiger partial charge in [0, 0.05) is 26.0 Å². The first-order valence-electron chi connectivity index (χ1n) is 7.13. The minimum Gasteiger partial charge on any atom is -0.423 e. The van der Waals surface area contributed by atoms with Crippen molar-refractivity contribution in [1.82, 2.24) is 25.1 Å². The molecule has 0 bridgehead atoms. The van der Waals surface area contributed by atoms with E-state index in [9.17, 15) is 4.79 Å². The highest BCUT2D eigenvalue weighted by Gasteiger charge is 2.14. The van der Waals surface area contributed by atoms with E-state index >= 15 is 0 Å². The summed E-state index contributed by atoms with van der Waals surface area (Å²) < 4.78 is 5.07. The van der Waals surface area contributed by atoms with Gasteiger partial charge in [-0.3, -0.25) is 4.79 Å². The lowest BCUT2D eigenvalue weighted by Gasteiger charge is -2.13. The van der Waals surface area contributed by atoms with E-state index in [0.29, 0.717) is 21.8 Å². The van der Waals surface area contributed by atoms with E-state index in [1.54, 1.807) is 32.3 Å². The number of amides is 1. The van der Waals surface area contributed by atoms with Crippen molar-refractivity contribution in [1.29, 1.82) is 0 Å². The molecule has 0 aliphatic rings. The van der Waals surface area contributed by atoms with Crippen LogP contribution in [0, 0.1) is 0 Å². The Labute approximate surface area is 147 Å². The number of benzene rings is 1. The first-order valence-corrected chi connectivity index (χ1v) is 7.51. The summed E-state index contributed by atoms with van der Waals surface area (Å²) in [4.78, 5) is 21.7. The first-order chi connectivity index (χ1) is 12.0. The van der Waals surface area contributed by atoms with Gasteiger partial charge < -0.3 is 20.4 Å². The molecule has 1 aromatic carbocycles. The predicted octanol–water partition coefficient (Wildman–Crippen LogP) is 2.21. The molecule has 3 aromatic rings. The van der Waals surface area contributed by atoms with Crippen molar-refractivity contribution in [2.45, 2.75) is 0 Å². The summed E-state index contributed by atoms with van der Waals surface area (Å²) in [6.45, 7) is 0. The van der Waals surface area contributed by atoms with E-state index in [2.05, 4.69) is 25.5 Å². The fourth-order valence-electron chi connectivity index (χ4n) is 2.05. The van der Waals surface area contributed by atoms with Gasteiger partial charge in [-0.1, -0.05) is 11.6 Å². The molecule has 128 valence electrons. The summed E-state index contributed by atoms with van der Waals surface area (Å²) in [7, 11) is 3.32. The Bertz CT molecular complexity index is 912. The molecule has 0 spiro atoms.